The number of anilines is 2. The molecule has 8 nitrogen and oxygen atoms in total. The van der Waals surface area contributed by atoms with Gasteiger partial charge in [0.2, 0.25) is 0 Å². The Bertz CT molecular complexity index is 1430. The van der Waals surface area contributed by atoms with Gasteiger partial charge >= 0.3 is 12.1 Å². The summed E-state index contributed by atoms with van der Waals surface area (Å²) in [5, 5.41) is 3.40. The summed E-state index contributed by atoms with van der Waals surface area (Å²) in [6.45, 7) is 2.16. The first-order valence-electron chi connectivity index (χ1n) is 10.8. The van der Waals surface area contributed by atoms with Gasteiger partial charge in [-0.15, -0.1) is 11.3 Å². The van der Waals surface area contributed by atoms with Crippen LogP contribution >= 0.6 is 22.9 Å². The van der Waals surface area contributed by atoms with E-state index in [0.29, 0.717) is 29.8 Å². The van der Waals surface area contributed by atoms with E-state index in [1.807, 2.05) is 0 Å². The molecule has 4 rings (SSSR count). The second-order valence-electron chi connectivity index (χ2n) is 8.08. The Hall–Kier alpha value is -3.01. The van der Waals surface area contributed by atoms with Gasteiger partial charge in [0, 0.05) is 24.0 Å². The van der Waals surface area contributed by atoms with Gasteiger partial charge in [0.15, 0.2) is 5.82 Å². The number of likely N-dealkylation sites (tertiary alicyclic amines) is 1. The molecule has 1 N–H and O–H groups in total. The van der Waals surface area contributed by atoms with Gasteiger partial charge in [0.05, 0.1) is 16.2 Å². The predicted molar refractivity (Wildman–Crippen MR) is 129 cm³/mol. The molecule has 2 heterocycles. The van der Waals surface area contributed by atoms with E-state index in [2.05, 4.69) is 20.0 Å². The maximum atomic E-state index is 15.0. The molecule has 0 spiro atoms. The molecule has 1 aliphatic heterocycles. The molecule has 1 fully saturated rings. The van der Waals surface area contributed by atoms with Gasteiger partial charge in [-0.3, -0.25) is 4.90 Å². The van der Waals surface area contributed by atoms with Crippen LogP contribution in [0.3, 0.4) is 0 Å². The fourth-order valence-corrected chi connectivity index (χ4v) is 5.64. The highest BCUT2D eigenvalue weighted by Crippen LogP contribution is 2.33. The summed E-state index contributed by atoms with van der Waals surface area (Å²) in [5.74, 6) is -5.50. The van der Waals surface area contributed by atoms with Crippen molar-refractivity contribution in [2.24, 2.45) is 0 Å². The molecule has 0 amide bonds. The van der Waals surface area contributed by atoms with E-state index < -0.39 is 49.0 Å². The summed E-state index contributed by atoms with van der Waals surface area (Å²) in [5.41, 5.74) is 1.97. The SMILES string of the molecule is O=C(ON(c1cscn1)S(=O)(=O)c1cc(Cl)c(NCc2c(F)cccc2CN2CCC2)cc1F)C(F)(F)F. The molecule has 0 saturated carbocycles. The monoisotopic (exact) mass is 596 g/mol. The zero-order valence-corrected chi connectivity index (χ0v) is 21.5. The Kier molecular flexibility index (Phi) is 8.11. The third-order valence-electron chi connectivity index (χ3n) is 5.54. The molecule has 0 aliphatic carbocycles. The van der Waals surface area contributed by atoms with Crippen molar-refractivity contribution in [3.8, 4) is 0 Å². The molecule has 1 aliphatic rings. The Balaban J connectivity index is 1.61. The number of aromatic nitrogens is 1. The number of hydrogen-bond acceptors (Lipinski definition) is 8. The zero-order chi connectivity index (χ0) is 27.7. The largest absolute Gasteiger partial charge is 0.493 e. The number of nitrogens with one attached hydrogen (secondary N) is 1. The number of benzene rings is 2. The minimum absolute atomic E-state index is 0.103. The first kappa shape index (κ1) is 28.0. The van der Waals surface area contributed by atoms with Crippen LogP contribution in [0.4, 0.5) is 33.5 Å². The van der Waals surface area contributed by atoms with Gasteiger partial charge in [0.25, 0.3) is 10.0 Å². The molecular weight excluding hydrogens is 579 g/mol. The van der Waals surface area contributed by atoms with Crippen LogP contribution in [0.2, 0.25) is 5.02 Å². The highest BCUT2D eigenvalue weighted by Gasteiger charge is 2.45. The van der Waals surface area contributed by atoms with Crippen LogP contribution < -0.4 is 9.79 Å². The van der Waals surface area contributed by atoms with E-state index in [-0.39, 0.29) is 17.3 Å². The molecule has 1 saturated heterocycles. The molecule has 0 unspecified atom stereocenters. The first-order valence-corrected chi connectivity index (χ1v) is 13.6. The highest BCUT2D eigenvalue weighted by atomic mass is 35.5. The molecule has 0 radical (unpaired) electrons. The van der Waals surface area contributed by atoms with Gasteiger partial charge in [-0.2, -0.15) is 21.6 Å². The van der Waals surface area contributed by atoms with Crippen molar-refractivity contribution in [3.63, 3.8) is 0 Å². The van der Waals surface area contributed by atoms with Gasteiger partial charge in [-0.25, -0.2) is 18.6 Å². The van der Waals surface area contributed by atoms with Gasteiger partial charge in [0.1, 0.15) is 16.5 Å². The number of alkyl halides is 3. The quantitative estimate of drug-likeness (QED) is 0.271. The number of carbonyl (C=O) groups excluding carboxylic acids is 1. The molecule has 16 heteroatoms. The summed E-state index contributed by atoms with van der Waals surface area (Å²) >= 11 is 6.95. The molecule has 0 atom stereocenters. The zero-order valence-electron chi connectivity index (χ0n) is 19.1. The second-order valence-corrected chi connectivity index (χ2v) is 10.9. The lowest BCUT2D eigenvalue weighted by Gasteiger charge is -2.31. The number of thiazole rings is 1. The van der Waals surface area contributed by atoms with Gasteiger partial charge in [-0.05, 0) is 43.3 Å². The van der Waals surface area contributed by atoms with E-state index in [1.165, 1.54) is 6.07 Å². The third-order valence-corrected chi connectivity index (χ3v) is 7.99. The van der Waals surface area contributed by atoms with E-state index >= 15 is 4.39 Å². The molecular formula is C22H18ClF5N4O4S2. The lowest BCUT2D eigenvalue weighted by Crippen LogP contribution is -2.39. The third kappa shape index (κ3) is 6.00. The van der Waals surface area contributed by atoms with Crippen molar-refractivity contribution in [1.82, 2.24) is 9.88 Å². The van der Waals surface area contributed by atoms with Gasteiger partial charge in [-0.1, -0.05) is 28.2 Å². The minimum Gasteiger partial charge on any atom is -0.380 e. The molecule has 3 aromatic rings. The fraction of sp³-hybridized carbons (Fsp3) is 0.273. The van der Waals surface area contributed by atoms with Crippen LogP contribution in [-0.4, -0.2) is 43.5 Å². The summed E-state index contributed by atoms with van der Waals surface area (Å²) in [7, 11) is -5.26. The molecule has 2 aromatic carbocycles. The average molecular weight is 597 g/mol. The summed E-state index contributed by atoms with van der Waals surface area (Å²) < 4.78 is 93.6. The molecule has 1 aromatic heterocycles. The smallest absolute Gasteiger partial charge is 0.380 e. The lowest BCUT2D eigenvalue weighted by atomic mass is 10.0. The van der Waals surface area contributed by atoms with E-state index in [1.54, 1.807) is 12.1 Å². The summed E-state index contributed by atoms with van der Waals surface area (Å²) in [6, 6.07) is 5.92. The van der Waals surface area contributed by atoms with Crippen molar-refractivity contribution < 1.29 is 40.0 Å². The van der Waals surface area contributed by atoms with Crippen molar-refractivity contribution >= 4 is 50.4 Å². The molecule has 38 heavy (non-hydrogen) atoms. The van der Waals surface area contributed by atoms with Crippen molar-refractivity contribution in [2.75, 3.05) is 22.9 Å². The highest BCUT2D eigenvalue weighted by molar-refractivity contribution is 7.92. The lowest BCUT2D eigenvalue weighted by molar-refractivity contribution is -0.199. The average Bonchev–Trinajstić information content (AvgIpc) is 3.34. The Labute approximate surface area is 222 Å². The second kappa shape index (κ2) is 11.0. The number of carbonyl (C=O) groups is 1. The maximum absolute atomic E-state index is 15.0. The Morgan fingerprint density at radius 3 is 2.55 bits per heavy atom. The Morgan fingerprint density at radius 2 is 1.95 bits per heavy atom. The summed E-state index contributed by atoms with van der Waals surface area (Å²) in [6.07, 6.45) is -4.50. The van der Waals surface area contributed by atoms with Crippen LogP contribution in [0.1, 0.15) is 17.5 Å². The van der Waals surface area contributed by atoms with Crippen LogP contribution in [0.5, 0.6) is 0 Å². The summed E-state index contributed by atoms with van der Waals surface area (Å²) in [4.78, 5) is 19.9. The van der Waals surface area contributed by atoms with E-state index in [9.17, 15) is 30.8 Å². The predicted octanol–water partition coefficient (Wildman–Crippen LogP) is 5.11. The Morgan fingerprint density at radius 1 is 1.21 bits per heavy atom. The fourth-order valence-electron chi connectivity index (χ4n) is 3.51. The number of rotatable bonds is 9. The number of nitrogens with zero attached hydrogens (tertiary/aromatic N) is 3. The molecule has 0 bridgehead atoms. The minimum atomic E-state index is -5.55. The maximum Gasteiger partial charge on any atom is 0.493 e. The topological polar surface area (TPSA) is 91.8 Å². The van der Waals surface area contributed by atoms with Crippen LogP contribution in [0, 0.1) is 11.6 Å². The van der Waals surface area contributed by atoms with Crippen molar-refractivity contribution in [3.05, 3.63) is 69.0 Å². The number of halogens is 6. The van der Waals surface area contributed by atoms with Gasteiger partial charge < -0.3 is 10.2 Å². The van der Waals surface area contributed by atoms with Crippen LogP contribution in [0.15, 0.2) is 46.1 Å². The van der Waals surface area contributed by atoms with E-state index in [0.717, 1.165) is 41.7 Å². The molecule has 204 valence electrons. The van der Waals surface area contributed by atoms with Crippen LogP contribution in [0.25, 0.3) is 0 Å². The normalized spacial score (nSPS) is 14.2. The van der Waals surface area contributed by atoms with Crippen molar-refractivity contribution in [2.45, 2.75) is 30.6 Å². The number of sulfonamides is 1. The standard InChI is InChI=1S/C22H18ClF5N4O4S2/c23-15-7-19(38(34,35)32(20-11-37-12-30-20)36-21(33)22(26,27)28)17(25)8-18(15)29-9-14-13(3-1-4-16(14)24)10-31-5-2-6-31/h1,3-4,7-8,11-12,29H,2,5-6,9-10H2. The van der Waals surface area contributed by atoms with Crippen LogP contribution in [-0.2, 0) is 32.7 Å². The van der Waals surface area contributed by atoms with Crippen molar-refractivity contribution in [1.29, 1.82) is 0 Å². The number of hydrogen-bond donors (Lipinski definition) is 1. The first-order chi connectivity index (χ1) is 17.9. The van der Waals surface area contributed by atoms with E-state index in [4.69, 9.17) is 11.6 Å².